The van der Waals surface area contributed by atoms with Gasteiger partial charge in [0.1, 0.15) is 0 Å². The average molecular weight is 240 g/mol. The van der Waals surface area contributed by atoms with Crippen LogP contribution < -0.4 is 10.6 Å². The number of methoxy groups -OCH3 is 1. The van der Waals surface area contributed by atoms with Crippen molar-refractivity contribution in [2.24, 2.45) is 17.8 Å². The highest BCUT2D eigenvalue weighted by atomic mass is 16.5. The van der Waals surface area contributed by atoms with E-state index in [1.807, 2.05) is 0 Å². The van der Waals surface area contributed by atoms with Gasteiger partial charge in [-0.1, -0.05) is 0 Å². The first kappa shape index (κ1) is 12.8. The number of hydrogen-bond donors (Lipinski definition) is 2. The van der Waals surface area contributed by atoms with Crippen LogP contribution in [0.4, 0.5) is 0 Å². The summed E-state index contributed by atoms with van der Waals surface area (Å²) in [6.45, 7) is 2.65. The van der Waals surface area contributed by atoms with Crippen LogP contribution in [0.25, 0.3) is 0 Å². The smallest absolute Gasteiger partial charge is 0.234 e. The van der Waals surface area contributed by atoms with Crippen LogP contribution in [0, 0.1) is 17.8 Å². The predicted octanol–water partition coefficient (Wildman–Crippen LogP) is 0.775. The molecule has 2 aliphatic carbocycles. The second kappa shape index (κ2) is 6.36. The molecule has 4 heteroatoms. The van der Waals surface area contributed by atoms with E-state index in [0.29, 0.717) is 19.7 Å². The molecule has 0 unspecified atom stereocenters. The lowest BCUT2D eigenvalue weighted by Gasteiger charge is -2.16. The first-order chi connectivity index (χ1) is 8.31. The maximum Gasteiger partial charge on any atom is 0.234 e. The van der Waals surface area contributed by atoms with E-state index in [1.54, 1.807) is 7.11 Å². The fourth-order valence-electron chi connectivity index (χ4n) is 2.47. The van der Waals surface area contributed by atoms with Gasteiger partial charge < -0.3 is 15.4 Å². The number of carbonyl (C=O) groups excluding carboxylic acids is 1. The Labute approximate surface area is 103 Å². The lowest BCUT2D eigenvalue weighted by molar-refractivity contribution is -0.120. The normalized spacial score (nSPS) is 19.6. The summed E-state index contributed by atoms with van der Waals surface area (Å²) in [5, 5.41) is 6.12. The first-order valence-corrected chi connectivity index (χ1v) is 6.77. The molecule has 98 valence electrons. The van der Waals surface area contributed by atoms with Crippen LogP contribution in [0.15, 0.2) is 0 Å². The number of hydrogen-bond acceptors (Lipinski definition) is 3. The maximum atomic E-state index is 11.4. The largest absolute Gasteiger partial charge is 0.383 e. The van der Waals surface area contributed by atoms with Gasteiger partial charge in [0.25, 0.3) is 0 Å². The topological polar surface area (TPSA) is 50.4 Å². The monoisotopic (exact) mass is 240 g/mol. The third-order valence-corrected chi connectivity index (χ3v) is 3.75. The van der Waals surface area contributed by atoms with Crippen LogP contribution in [-0.4, -0.2) is 39.3 Å². The van der Waals surface area contributed by atoms with Crippen LogP contribution in [0.3, 0.4) is 0 Å². The molecule has 17 heavy (non-hydrogen) atoms. The van der Waals surface area contributed by atoms with E-state index in [9.17, 15) is 4.79 Å². The number of ether oxygens (including phenoxy) is 1. The second-order valence-electron chi connectivity index (χ2n) is 5.31. The molecule has 2 aliphatic rings. The molecule has 0 radical (unpaired) electrons. The Bertz CT molecular complexity index is 238. The van der Waals surface area contributed by atoms with Crippen molar-refractivity contribution < 1.29 is 9.53 Å². The molecule has 0 spiro atoms. The molecule has 0 aliphatic heterocycles. The molecule has 0 heterocycles. The third kappa shape index (κ3) is 4.64. The molecule has 0 aromatic rings. The van der Waals surface area contributed by atoms with Crippen molar-refractivity contribution in [1.29, 1.82) is 0 Å². The molecule has 2 N–H and O–H groups in total. The Morgan fingerprint density at radius 3 is 2.47 bits per heavy atom. The van der Waals surface area contributed by atoms with Crippen molar-refractivity contribution in [3.8, 4) is 0 Å². The van der Waals surface area contributed by atoms with Gasteiger partial charge >= 0.3 is 0 Å². The number of carbonyl (C=O) groups is 1. The van der Waals surface area contributed by atoms with E-state index >= 15 is 0 Å². The number of amides is 1. The van der Waals surface area contributed by atoms with Gasteiger partial charge in [-0.05, 0) is 50.0 Å². The standard InChI is InChI=1S/C13H24N2O2/c1-17-7-6-15-13(16)9-14-8-12(10-2-3-10)11-4-5-11/h10-12,14H,2-9H2,1H3,(H,15,16). The van der Waals surface area contributed by atoms with Gasteiger partial charge in [-0.15, -0.1) is 0 Å². The van der Waals surface area contributed by atoms with Crippen molar-refractivity contribution in [3.05, 3.63) is 0 Å². The van der Waals surface area contributed by atoms with Gasteiger partial charge in [-0.2, -0.15) is 0 Å². The van der Waals surface area contributed by atoms with Gasteiger partial charge in [0, 0.05) is 13.7 Å². The minimum absolute atomic E-state index is 0.0763. The van der Waals surface area contributed by atoms with Crippen LogP contribution in [0.1, 0.15) is 25.7 Å². The summed E-state index contributed by atoms with van der Waals surface area (Å²) in [6.07, 6.45) is 5.62. The average Bonchev–Trinajstić information content (AvgIpc) is 3.16. The first-order valence-electron chi connectivity index (χ1n) is 6.77. The highest BCUT2D eigenvalue weighted by Gasteiger charge is 2.40. The fraction of sp³-hybridized carbons (Fsp3) is 0.923. The second-order valence-corrected chi connectivity index (χ2v) is 5.31. The molecule has 0 aromatic carbocycles. The SMILES string of the molecule is COCCNC(=O)CNCC(C1CC1)C1CC1. The zero-order valence-corrected chi connectivity index (χ0v) is 10.7. The van der Waals surface area contributed by atoms with Crippen molar-refractivity contribution in [3.63, 3.8) is 0 Å². The quantitative estimate of drug-likeness (QED) is 0.585. The molecule has 0 aromatic heterocycles. The molecule has 0 saturated heterocycles. The van der Waals surface area contributed by atoms with Crippen LogP contribution >= 0.6 is 0 Å². The van der Waals surface area contributed by atoms with E-state index in [1.165, 1.54) is 25.7 Å². The van der Waals surface area contributed by atoms with Crippen molar-refractivity contribution in [1.82, 2.24) is 10.6 Å². The van der Waals surface area contributed by atoms with E-state index in [-0.39, 0.29) is 5.91 Å². The minimum atomic E-state index is 0.0763. The number of rotatable bonds is 9. The van der Waals surface area contributed by atoms with Crippen LogP contribution in [0.5, 0.6) is 0 Å². The summed E-state index contributed by atoms with van der Waals surface area (Å²) in [5.74, 6) is 2.81. The molecular formula is C13H24N2O2. The fourth-order valence-corrected chi connectivity index (χ4v) is 2.47. The summed E-state index contributed by atoms with van der Waals surface area (Å²) in [4.78, 5) is 11.4. The van der Waals surface area contributed by atoms with Crippen molar-refractivity contribution in [2.45, 2.75) is 25.7 Å². The Kier molecular flexibility index (Phi) is 4.80. The molecule has 4 nitrogen and oxygen atoms in total. The lowest BCUT2D eigenvalue weighted by atomic mass is 9.98. The van der Waals surface area contributed by atoms with Crippen LogP contribution in [-0.2, 0) is 9.53 Å². The van der Waals surface area contributed by atoms with Gasteiger partial charge in [-0.3, -0.25) is 4.79 Å². The van der Waals surface area contributed by atoms with E-state index in [2.05, 4.69) is 10.6 Å². The summed E-state index contributed by atoms with van der Waals surface area (Å²) in [7, 11) is 1.64. The Hall–Kier alpha value is -0.610. The van der Waals surface area contributed by atoms with Gasteiger partial charge in [0.15, 0.2) is 0 Å². The molecule has 2 rings (SSSR count). The predicted molar refractivity (Wildman–Crippen MR) is 66.7 cm³/mol. The molecule has 2 saturated carbocycles. The van der Waals surface area contributed by atoms with E-state index in [4.69, 9.17) is 4.74 Å². The third-order valence-electron chi connectivity index (χ3n) is 3.75. The summed E-state index contributed by atoms with van der Waals surface area (Å²) in [6, 6.07) is 0. The summed E-state index contributed by atoms with van der Waals surface area (Å²) >= 11 is 0. The van der Waals surface area contributed by atoms with Gasteiger partial charge in [0.05, 0.1) is 13.2 Å². The highest BCUT2D eigenvalue weighted by molar-refractivity contribution is 5.77. The lowest BCUT2D eigenvalue weighted by Crippen LogP contribution is -2.38. The Balaban J connectivity index is 1.53. The minimum Gasteiger partial charge on any atom is -0.383 e. The highest BCUT2D eigenvalue weighted by Crippen LogP contribution is 2.48. The molecule has 0 atom stereocenters. The van der Waals surface area contributed by atoms with E-state index in [0.717, 1.165) is 24.3 Å². The van der Waals surface area contributed by atoms with Crippen LogP contribution in [0.2, 0.25) is 0 Å². The Morgan fingerprint density at radius 1 is 1.29 bits per heavy atom. The molecule has 0 bridgehead atoms. The Morgan fingerprint density at radius 2 is 1.94 bits per heavy atom. The molecular weight excluding hydrogens is 216 g/mol. The zero-order chi connectivity index (χ0) is 12.1. The zero-order valence-electron chi connectivity index (χ0n) is 10.7. The van der Waals surface area contributed by atoms with Crippen molar-refractivity contribution in [2.75, 3.05) is 33.4 Å². The van der Waals surface area contributed by atoms with Gasteiger partial charge in [0.2, 0.25) is 5.91 Å². The summed E-state index contributed by atoms with van der Waals surface area (Å²) in [5.41, 5.74) is 0. The summed E-state index contributed by atoms with van der Waals surface area (Å²) < 4.78 is 4.88. The van der Waals surface area contributed by atoms with Gasteiger partial charge in [-0.25, -0.2) is 0 Å². The maximum absolute atomic E-state index is 11.4. The number of nitrogens with one attached hydrogen (secondary N) is 2. The van der Waals surface area contributed by atoms with Crippen molar-refractivity contribution >= 4 is 5.91 Å². The van der Waals surface area contributed by atoms with E-state index < -0.39 is 0 Å². The molecule has 2 fully saturated rings. The molecule has 1 amide bonds.